The summed E-state index contributed by atoms with van der Waals surface area (Å²) in [5.74, 6) is 0.655. The molecule has 0 aliphatic rings. The minimum atomic E-state index is -4.38. The lowest BCUT2D eigenvalue weighted by Crippen LogP contribution is -2.38. The van der Waals surface area contributed by atoms with Crippen LogP contribution in [0.3, 0.4) is 0 Å². The van der Waals surface area contributed by atoms with Gasteiger partial charge in [0.05, 0.1) is 6.54 Å². The Morgan fingerprint density at radius 2 is 2.20 bits per heavy atom. The highest BCUT2D eigenvalue weighted by molar-refractivity contribution is 7.09. The minimum absolute atomic E-state index is 0.240. The zero-order valence-corrected chi connectivity index (χ0v) is 12.6. The van der Waals surface area contributed by atoms with Crippen molar-refractivity contribution in [2.24, 2.45) is 4.99 Å². The SMILES string of the molecule is CCCCN(C)C(=NC)NCc1nc(C(F)(F)F)cs1. The van der Waals surface area contributed by atoms with E-state index in [2.05, 4.69) is 22.2 Å². The van der Waals surface area contributed by atoms with Gasteiger partial charge < -0.3 is 10.2 Å². The first-order valence-corrected chi connectivity index (χ1v) is 7.19. The molecule has 1 aromatic rings. The fourth-order valence-electron chi connectivity index (χ4n) is 1.56. The predicted octanol–water partition coefficient (Wildman–Crippen LogP) is 2.97. The molecule has 4 nitrogen and oxygen atoms in total. The molecule has 0 atom stereocenters. The maximum Gasteiger partial charge on any atom is 0.434 e. The molecular formula is C12H19F3N4S. The van der Waals surface area contributed by atoms with Crippen molar-refractivity contribution >= 4 is 17.3 Å². The summed E-state index contributed by atoms with van der Waals surface area (Å²) in [4.78, 5) is 9.61. The molecule has 0 aromatic carbocycles. The maximum absolute atomic E-state index is 12.4. The molecule has 0 spiro atoms. The standard InChI is InChI=1S/C12H19F3N4S/c1-4-5-6-19(3)11(16-2)17-7-10-18-9(8-20-10)12(13,14)15/h8H,4-7H2,1-3H3,(H,16,17). The third kappa shape index (κ3) is 4.99. The van der Waals surface area contributed by atoms with E-state index in [0.717, 1.165) is 36.1 Å². The summed E-state index contributed by atoms with van der Waals surface area (Å²) < 4.78 is 37.3. The summed E-state index contributed by atoms with van der Waals surface area (Å²) in [6.07, 6.45) is -2.27. The average Bonchev–Trinajstić information content (AvgIpc) is 2.85. The van der Waals surface area contributed by atoms with Crippen molar-refractivity contribution in [1.29, 1.82) is 0 Å². The lowest BCUT2D eigenvalue weighted by Gasteiger charge is -2.21. The number of thiazole rings is 1. The summed E-state index contributed by atoms with van der Waals surface area (Å²) in [5, 5.41) is 4.44. The third-order valence-corrected chi connectivity index (χ3v) is 3.51. The van der Waals surface area contributed by atoms with Gasteiger partial charge in [0.1, 0.15) is 5.01 Å². The Balaban J connectivity index is 2.55. The smallest absolute Gasteiger partial charge is 0.350 e. The normalized spacial score (nSPS) is 12.6. The van der Waals surface area contributed by atoms with Gasteiger partial charge in [-0.05, 0) is 6.42 Å². The number of hydrogen-bond donors (Lipinski definition) is 1. The monoisotopic (exact) mass is 308 g/mol. The second-order valence-corrected chi connectivity index (χ2v) is 5.24. The van der Waals surface area contributed by atoms with E-state index in [1.165, 1.54) is 0 Å². The Hall–Kier alpha value is -1.31. The van der Waals surface area contributed by atoms with E-state index in [0.29, 0.717) is 11.0 Å². The van der Waals surface area contributed by atoms with Gasteiger partial charge in [-0.1, -0.05) is 13.3 Å². The van der Waals surface area contributed by atoms with Crippen LogP contribution in [0.15, 0.2) is 10.4 Å². The number of aromatic nitrogens is 1. The van der Waals surface area contributed by atoms with Gasteiger partial charge in [-0.3, -0.25) is 4.99 Å². The average molecular weight is 308 g/mol. The zero-order chi connectivity index (χ0) is 15.2. The fourth-order valence-corrected chi connectivity index (χ4v) is 2.30. The summed E-state index contributed by atoms with van der Waals surface area (Å²) in [6, 6.07) is 0. The second kappa shape index (κ2) is 7.47. The summed E-state index contributed by atoms with van der Waals surface area (Å²) in [5.41, 5.74) is -0.839. The van der Waals surface area contributed by atoms with Crippen molar-refractivity contribution in [3.8, 4) is 0 Å². The van der Waals surface area contributed by atoms with Crippen LogP contribution in [0.25, 0.3) is 0 Å². The van der Waals surface area contributed by atoms with Crippen LogP contribution in [-0.2, 0) is 12.7 Å². The van der Waals surface area contributed by atoms with Crippen LogP contribution >= 0.6 is 11.3 Å². The molecule has 0 fully saturated rings. The summed E-state index contributed by atoms with van der Waals surface area (Å²) >= 11 is 0.991. The van der Waals surface area contributed by atoms with Crippen molar-refractivity contribution in [2.45, 2.75) is 32.5 Å². The van der Waals surface area contributed by atoms with E-state index < -0.39 is 11.9 Å². The molecule has 0 saturated heterocycles. The molecule has 20 heavy (non-hydrogen) atoms. The molecule has 0 amide bonds. The molecule has 1 heterocycles. The number of alkyl halides is 3. The van der Waals surface area contributed by atoms with Gasteiger partial charge in [0.2, 0.25) is 0 Å². The molecule has 1 rings (SSSR count). The number of aliphatic imine (C=N–C) groups is 1. The number of rotatable bonds is 5. The van der Waals surface area contributed by atoms with Crippen LogP contribution in [0.1, 0.15) is 30.5 Å². The first-order valence-electron chi connectivity index (χ1n) is 6.31. The van der Waals surface area contributed by atoms with Gasteiger partial charge in [0.25, 0.3) is 0 Å². The van der Waals surface area contributed by atoms with E-state index in [1.54, 1.807) is 7.05 Å². The van der Waals surface area contributed by atoms with Crippen LogP contribution in [0.5, 0.6) is 0 Å². The Labute approximate surface area is 120 Å². The molecule has 0 bridgehead atoms. The molecule has 1 aromatic heterocycles. The van der Waals surface area contributed by atoms with Gasteiger partial charge in [-0.2, -0.15) is 13.2 Å². The Bertz CT molecular complexity index is 442. The topological polar surface area (TPSA) is 40.5 Å². The van der Waals surface area contributed by atoms with Gasteiger partial charge >= 0.3 is 6.18 Å². The second-order valence-electron chi connectivity index (χ2n) is 4.30. The molecular weight excluding hydrogens is 289 g/mol. The van der Waals surface area contributed by atoms with Gasteiger partial charge in [0, 0.05) is 26.0 Å². The molecule has 0 aliphatic carbocycles. The maximum atomic E-state index is 12.4. The van der Waals surface area contributed by atoms with Crippen LogP contribution in [-0.4, -0.2) is 36.5 Å². The number of nitrogens with zero attached hydrogens (tertiary/aromatic N) is 3. The number of nitrogens with one attached hydrogen (secondary N) is 1. The first kappa shape index (κ1) is 16.7. The van der Waals surface area contributed by atoms with Gasteiger partial charge in [-0.25, -0.2) is 4.98 Å². The van der Waals surface area contributed by atoms with Crippen LogP contribution in [0.2, 0.25) is 0 Å². The van der Waals surface area contributed by atoms with Crippen molar-refractivity contribution in [3.05, 3.63) is 16.1 Å². The highest BCUT2D eigenvalue weighted by Crippen LogP contribution is 2.29. The number of hydrogen-bond acceptors (Lipinski definition) is 3. The Morgan fingerprint density at radius 1 is 1.50 bits per heavy atom. The van der Waals surface area contributed by atoms with Crippen molar-refractivity contribution in [1.82, 2.24) is 15.2 Å². The van der Waals surface area contributed by atoms with Gasteiger partial charge in [0.15, 0.2) is 11.7 Å². The quantitative estimate of drug-likeness (QED) is 0.671. The van der Waals surface area contributed by atoms with E-state index in [1.807, 2.05) is 11.9 Å². The number of unbranched alkanes of at least 4 members (excludes halogenated alkanes) is 1. The van der Waals surface area contributed by atoms with E-state index >= 15 is 0 Å². The molecule has 114 valence electrons. The highest BCUT2D eigenvalue weighted by Gasteiger charge is 2.33. The highest BCUT2D eigenvalue weighted by atomic mass is 32.1. The molecule has 8 heteroatoms. The van der Waals surface area contributed by atoms with E-state index in [9.17, 15) is 13.2 Å². The Kier molecular flexibility index (Phi) is 6.25. The lowest BCUT2D eigenvalue weighted by atomic mass is 10.3. The zero-order valence-electron chi connectivity index (χ0n) is 11.8. The molecule has 0 aliphatic heterocycles. The summed E-state index contributed by atoms with van der Waals surface area (Å²) in [6.45, 7) is 3.18. The Morgan fingerprint density at radius 3 is 2.70 bits per heavy atom. The van der Waals surface area contributed by atoms with Gasteiger partial charge in [-0.15, -0.1) is 11.3 Å². The lowest BCUT2D eigenvalue weighted by molar-refractivity contribution is -0.140. The third-order valence-electron chi connectivity index (χ3n) is 2.66. The van der Waals surface area contributed by atoms with Crippen molar-refractivity contribution in [3.63, 3.8) is 0 Å². The van der Waals surface area contributed by atoms with E-state index in [4.69, 9.17) is 0 Å². The number of guanidine groups is 1. The van der Waals surface area contributed by atoms with Crippen molar-refractivity contribution < 1.29 is 13.2 Å². The minimum Gasteiger partial charge on any atom is -0.350 e. The van der Waals surface area contributed by atoms with Crippen molar-refractivity contribution in [2.75, 3.05) is 20.6 Å². The van der Waals surface area contributed by atoms with Crippen LogP contribution in [0.4, 0.5) is 13.2 Å². The fraction of sp³-hybridized carbons (Fsp3) is 0.667. The molecule has 0 saturated carbocycles. The summed E-state index contributed by atoms with van der Waals surface area (Å²) in [7, 11) is 3.54. The van der Waals surface area contributed by atoms with Crippen LogP contribution < -0.4 is 5.32 Å². The predicted molar refractivity (Wildman–Crippen MR) is 74.9 cm³/mol. The first-order chi connectivity index (χ1) is 9.38. The van der Waals surface area contributed by atoms with E-state index in [-0.39, 0.29) is 6.54 Å². The van der Waals surface area contributed by atoms with Crippen LogP contribution in [0, 0.1) is 0 Å². The largest absolute Gasteiger partial charge is 0.434 e. The molecule has 0 radical (unpaired) electrons. The number of halogens is 3. The molecule has 1 N–H and O–H groups in total. The molecule has 0 unspecified atom stereocenters.